The van der Waals surface area contributed by atoms with Crippen LogP contribution in [0, 0.1) is 11.7 Å². The molecule has 2 aliphatic rings. The van der Waals surface area contributed by atoms with Gasteiger partial charge < -0.3 is 5.11 Å². The summed E-state index contributed by atoms with van der Waals surface area (Å²) in [6.07, 6.45) is -0.0817. The summed E-state index contributed by atoms with van der Waals surface area (Å²) in [7, 11) is 0. The molecule has 0 saturated heterocycles. The highest BCUT2D eigenvalue weighted by Gasteiger charge is 2.60. The number of aryl methyl sites for hydroxylation is 1. The van der Waals surface area contributed by atoms with Crippen LogP contribution in [0.25, 0.3) is 16.6 Å². The van der Waals surface area contributed by atoms with Crippen LogP contribution in [-0.2, 0) is 11.8 Å². The molecule has 2 aromatic carbocycles. The first-order valence-corrected chi connectivity index (χ1v) is 11.2. The van der Waals surface area contributed by atoms with Crippen molar-refractivity contribution < 1.29 is 22.7 Å². The summed E-state index contributed by atoms with van der Waals surface area (Å²) in [5.41, 5.74) is 0.933. The molecule has 1 fully saturated rings. The monoisotopic (exact) mass is 446 g/mol. The summed E-state index contributed by atoms with van der Waals surface area (Å²) in [6.45, 7) is 2.05. The third-order valence-corrected chi connectivity index (χ3v) is 7.91. The van der Waals surface area contributed by atoms with E-state index in [0.29, 0.717) is 12.8 Å². The third-order valence-electron chi connectivity index (χ3n) is 7.91. The number of aliphatic hydroxyl groups is 1. The zero-order chi connectivity index (χ0) is 22.7. The molecule has 0 spiro atoms. The van der Waals surface area contributed by atoms with Gasteiger partial charge in [0.25, 0.3) is 0 Å². The average Bonchev–Trinajstić information content (AvgIpc) is 3.09. The number of benzene rings is 2. The van der Waals surface area contributed by atoms with Crippen LogP contribution in [0.2, 0.25) is 0 Å². The van der Waals surface area contributed by atoms with Crippen molar-refractivity contribution in [2.45, 2.75) is 69.1 Å². The van der Waals surface area contributed by atoms with E-state index in [1.807, 2.05) is 6.92 Å². The Kier molecular flexibility index (Phi) is 4.89. The van der Waals surface area contributed by atoms with E-state index in [-0.39, 0.29) is 30.0 Å². The average molecular weight is 446 g/mol. The van der Waals surface area contributed by atoms with Gasteiger partial charge in [0.1, 0.15) is 5.82 Å². The van der Waals surface area contributed by atoms with Crippen molar-refractivity contribution in [3.8, 4) is 5.69 Å². The predicted octanol–water partition coefficient (Wildman–Crippen LogP) is 6.24. The molecule has 3 atom stereocenters. The van der Waals surface area contributed by atoms with Gasteiger partial charge in [0.15, 0.2) is 5.60 Å². The van der Waals surface area contributed by atoms with Crippen LogP contribution in [0.4, 0.5) is 17.6 Å². The molecular weight excluding hydrogens is 420 g/mol. The highest BCUT2D eigenvalue weighted by atomic mass is 19.4. The maximum Gasteiger partial charge on any atom is 0.417 e. The SMILES string of the molecule is CC[C@]12CC[C@@](O)(C(F)(F)F)C[C@@H]1CCCc1cc3c(cnn3-c3ccc(F)cc3)cc12. The van der Waals surface area contributed by atoms with Gasteiger partial charge in [0.2, 0.25) is 0 Å². The second-order valence-corrected chi connectivity index (χ2v) is 9.43. The van der Waals surface area contributed by atoms with Gasteiger partial charge in [-0.2, -0.15) is 18.3 Å². The van der Waals surface area contributed by atoms with Gasteiger partial charge >= 0.3 is 6.18 Å². The maximum atomic E-state index is 13.6. The second kappa shape index (κ2) is 7.30. The van der Waals surface area contributed by atoms with Crippen LogP contribution >= 0.6 is 0 Å². The first-order valence-electron chi connectivity index (χ1n) is 11.2. The lowest BCUT2D eigenvalue weighted by Gasteiger charge is -2.50. The molecule has 0 bridgehead atoms. The third kappa shape index (κ3) is 3.16. The Labute approximate surface area is 184 Å². The van der Waals surface area contributed by atoms with Crippen LogP contribution in [0.15, 0.2) is 42.6 Å². The zero-order valence-electron chi connectivity index (χ0n) is 17.9. The molecule has 1 saturated carbocycles. The topological polar surface area (TPSA) is 38.1 Å². The highest BCUT2D eigenvalue weighted by Crippen LogP contribution is 2.57. The predicted molar refractivity (Wildman–Crippen MR) is 114 cm³/mol. The molecule has 1 heterocycles. The number of hydrogen-bond donors (Lipinski definition) is 1. The molecule has 0 unspecified atom stereocenters. The normalized spacial score (nSPS) is 28.2. The zero-order valence-corrected chi connectivity index (χ0v) is 17.9. The number of fused-ring (bicyclic) bond motifs is 4. The summed E-state index contributed by atoms with van der Waals surface area (Å²) in [6, 6.07) is 10.3. The van der Waals surface area contributed by atoms with Crippen LogP contribution in [0.3, 0.4) is 0 Å². The Balaban J connectivity index is 1.61. The summed E-state index contributed by atoms with van der Waals surface area (Å²) in [5.74, 6) is -0.537. The molecule has 0 aliphatic heterocycles. The van der Waals surface area contributed by atoms with Crippen LogP contribution in [-0.4, -0.2) is 26.7 Å². The molecular formula is C25H26F4N2O. The van der Waals surface area contributed by atoms with E-state index in [2.05, 4.69) is 17.2 Å². The summed E-state index contributed by atoms with van der Waals surface area (Å²) in [5, 5.41) is 15.9. The van der Waals surface area contributed by atoms with E-state index >= 15 is 0 Å². The van der Waals surface area contributed by atoms with Crippen molar-refractivity contribution in [2.75, 3.05) is 0 Å². The molecule has 5 rings (SSSR count). The minimum absolute atomic E-state index is 0.223. The highest BCUT2D eigenvalue weighted by molar-refractivity contribution is 5.82. The molecule has 170 valence electrons. The number of nitrogens with zero attached hydrogens (tertiary/aromatic N) is 2. The van der Waals surface area contributed by atoms with Gasteiger partial charge in [-0.25, -0.2) is 9.07 Å². The van der Waals surface area contributed by atoms with E-state index in [1.165, 1.54) is 12.1 Å². The fourth-order valence-electron chi connectivity index (χ4n) is 6.10. The van der Waals surface area contributed by atoms with E-state index in [0.717, 1.165) is 47.0 Å². The van der Waals surface area contributed by atoms with Crippen molar-refractivity contribution in [3.63, 3.8) is 0 Å². The van der Waals surface area contributed by atoms with Gasteiger partial charge in [0, 0.05) is 5.39 Å². The Morgan fingerprint density at radius 2 is 1.91 bits per heavy atom. The van der Waals surface area contributed by atoms with Crippen LogP contribution in [0.1, 0.15) is 56.6 Å². The van der Waals surface area contributed by atoms with Gasteiger partial charge in [-0.15, -0.1) is 0 Å². The van der Waals surface area contributed by atoms with Crippen molar-refractivity contribution in [3.05, 3.63) is 59.5 Å². The van der Waals surface area contributed by atoms with E-state index in [1.54, 1.807) is 23.0 Å². The van der Waals surface area contributed by atoms with E-state index in [4.69, 9.17) is 0 Å². The minimum Gasteiger partial charge on any atom is -0.380 e. The van der Waals surface area contributed by atoms with Gasteiger partial charge in [-0.1, -0.05) is 6.92 Å². The first-order chi connectivity index (χ1) is 15.2. The Morgan fingerprint density at radius 3 is 2.59 bits per heavy atom. The molecule has 2 aliphatic carbocycles. The summed E-state index contributed by atoms with van der Waals surface area (Å²) < 4.78 is 56.0. The quantitative estimate of drug-likeness (QED) is 0.473. The van der Waals surface area contributed by atoms with E-state index in [9.17, 15) is 22.7 Å². The Morgan fingerprint density at radius 1 is 1.16 bits per heavy atom. The van der Waals surface area contributed by atoms with Crippen LogP contribution in [0.5, 0.6) is 0 Å². The largest absolute Gasteiger partial charge is 0.417 e. The van der Waals surface area contributed by atoms with E-state index < -0.39 is 11.8 Å². The van der Waals surface area contributed by atoms with Crippen LogP contribution < -0.4 is 0 Å². The standard InChI is InChI=1S/C25H26F4N2O/c1-2-23-10-11-24(32,25(27,28)29)14-18(23)5-3-4-16-13-22-17(12-21(16)23)15-30-31(22)20-8-6-19(26)7-9-20/h6-9,12-13,15,18,32H,2-5,10-11,14H2,1H3/t18-,23-,24-/m0/s1. The van der Waals surface area contributed by atoms with Crippen molar-refractivity contribution in [2.24, 2.45) is 5.92 Å². The fourth-order valence-corrected chi connectivity index (χ4v) is 6.10. The Bertz CT molecular complexity index is 1150. The first kappa shape index (κ1) is 21.4. The van der Waals surface area contributed by atoms with Crippen molar-refractivity contribution >= 4 is 10.9 Å². The summed E-state index contributed by atoms with van der Waals surface area (Å²) >= 11 is 0. The smallest absolute Gasteiger partial charge is 0.380 e. The van der Waals surface area contributed by atoms with Crippen molar-refractivity contribution in [1.82, 2.24) is 9.78 Å². The molecule has 7 heteroatoms. The van der Waals surface area contributed by atoms with Gasteiger partial charge in [-0.3, -0.25) is 0 Å². The minimum atomic E-state index is -4.61. The number of aromatic nitrogens is 2. The number of rotatable bonds is 2. The molecule has 32 heavy (non-hydrogen) atoms. The molecule has 1 aromatic heterocycles. The molecule has 3 aromatic rings. The summed E-state index contributed by atoms with van der Waals surface area (Å²) in [4.78, 5) is 0. The molecule has 3 nitrogen and oxygen atoms in total. The number of alkyl halides is 3. The molecule has 1 N–H and O–H groups in total. The fraction of sp³-hybridized carbons (Fsp3) is 0.480. The van der Waals surface area contributed by atoms with Gasteiger partial charge in [-0.05, 0) is 104 Å². The van der Waals surface area contributed by atoms with Crippen molar-refractivity contribution in [1.29, 1.82) is 0 Å². The maximum absolute atomic E-state index is 13.6. The number of hydrogen-bond acceptors (Lipinski definition) is 2. The Hall–Kier alpha value is -2.41. The lowest BCUT2D eigenvalue weighted by Crippen LogP contribution is -2.54. The lowest BCUT2D eigenvalue weighted by molar-refractivity contribution is -0.279. The second-order valence-electron chi connectivity index (χ2n) is 9.43. The molecule has 0 radical (unpaired) electrons. The number of halogens is 4. The van der Waals surface area contributed by atoms with Gasteiger partial charge in [0.05, 0.1) is 17.4 Å². The molecule has 0 amide bonds. The lowest BCUT2D eigenvalue weighted by atomic mass is 9.56.